The minimum absolute atomic E-state index is 0.204. The van der Waals surface area contributed by atoms with Crippen molar-refractivity contribution in [2.75, 3.05) is 13.2 Å². The number of hydrogen-bond donors (Lipinski definition) is 0. The molecule has 3 aromatic carbocycles. The number of hydrogen-bond acceptors (Lipinski definition) is 4. The Morgan fingerprint density at radius 2 is 0.864 bits per heavy atom. The van der Waals surface area contributed by atoms with Crippen molar-refractivity contribution < 1.29 is 19.1 Å². The normalized spacial score (nSPS) is 11.9. The quantitative estimate of drug-likeness (QED) is 0.0240. The number of esters is 1. The zero-order valence-electron chi connectivity index (χ0n) is 38.9. The minimum Gasteiger partial charge on any atom is -0.468 e. The number of rotatable bonds is 28. The van der Waals surface area contributed by atoms with Crippen LogP contribution in [-0.2, 0) is 14.3 Å². The van der Waals surface area contributed by atoms with Crippen molar-refractivity contribution in [3.63, 3.8) is 0 Å². The molecule has 0 spiro atoms. The van der Waals surface area contributed by atoms with Gasteiger partial charge in [0, 0.05) is 0 Å². The summed E-state index contributed by atoms with van der Waals surface area (Å²) in [6.45, 7) is 30.9. The van der Waals surface area contributed by atoms with Crippen LogP contribution >= 0.6 is 0 Å². The molecule has 0 aliphatic rings. The second-order valence-electron chi connectivity index (χ2n) is 19.3. The first-order chi connectivity index (χ1) is 28.0. The van der Waals surface area contributed by atoms with Crippen LogP contribution < -0.4 is 20.7 Å². The zero-order chi connectivity index (χ0) is 43.8. The van der Waals surface area contributed by atoms with Crippen LogP contribution in [0.25, 0.3) is 0 Å². The van der Waals surface area contributed by atoms with Gasteiger partial charge in [-0.05, 0) is 57.1 Å². The molecule has 0 radical (unpaired) electrons. The first-order valence-electron chi connectivity index (χ1n) is 22.7. The van der Waals surface area contributed by atoms with Crippen LogP contribution in [0.5, 0.6) is 0 Å². The second kappa shape index (κ2) is 27.0. The van der Waals surface area contributed by atoms with Gasteiger partial charge in [-0.1, -0.05) is 215 Å². The summed E-state index contributed by atoms with van der Waals surface area (Å²) < 4.78 is 10.4. The third-order valence-corrected chi connectivity index (χ3v) is 26.5. The Labute approximate surface area is 365 Å². The lowest BCUT2D eigenvalue weighted by Crippen LogP contribution is -2.45. The number of unbranched alkanes of at least 4 members (excludes halogenated alkanes) is 8. The molecule has 0 amide bonds. The fourth-order valence-electron chi connectivity index (χ4n) is 7.95. The predicted molar refractivity (Wildman–Crippen MR) is 270 cm³/mol. The van der Waals surface area contributed by atoms with Gasteiger partial charge in [-0.2, -0.15) is 0 Å². The average molecular weight is 872 g/mol. The zero-order valence-corrected chi connectivity index (χ0v) is 42.9. The summed E-state index contributed by atoms with van der Waals surface area (Å²) in [5.41, 5.74) is 1.64. The number of allylic oxidation sites excluding steroid dienone is 2. The highest BCUT2D eigenvalue weighted by Gasteiger charge is 2.28. The van der Waals surface area contributed by atoms with Crippen molar-refractivity contribution in [1.29, 1.82) is 0 Å². The van der Waals surface area contributed by atoms with E-state index < -0.39 is 32.3 Å². The number of aryl methyl sites for hydroxylation is 1. The molecule has 0 unspecified atom stereocenters. The van der Waals surface area contributed by atoms with Gasteiger partial charge < -0.3 is 9.47 Å². The molecule has 0 bridgehead atoms. The van der Waals surface area contributed by atoms with Crippen LogP contribution in [-0.4, -0.2) is 58.0 Å². The molecule has 0 saturated carbocycles. The first-order valence-corrected chi connectivity index (χ1v) is 35.6. The van der Waals surface area contributed by atoms with Gasteiger partial charge >= 0.3 is 5.97 Å². The minimum atomic E-state index is -1.55. The maximum absolute atomic E-state index is 12.3. The van der Waals surface area contributed by atoms with Crippen molar-refractivity contribution in [3.05, 3.63) is 109 Å². The van der Waals surface area contributed by atoms with E-state index in [9.17, 15) is 9.59 Å². The Bertz CT molecular complexity index is 1660. The van der Waals surface area contributed by atoms with E-state index in [-0.39, 0.29) is 5.97 Å². The van der Waals surface area contributed by atoms with Gasteiger partial charge in [0.2, 0.25) is 0 Å². The molecule has 0 saturated heterocycles. The lowest BCUT2D eigenvalue weighted by molar-refractivity contribution is -0.128. The topological polar surface area (TPSA) is 52.6 Å². The molecule has 0 N–H and O–H groups in total. The molecule has 0 atom stereocenters. The SMILES string of the molecule is C=CCCCCCC[Si](C)(C)c1ccc([Si](C)(C)CCCOC(=O)c2ccccc2C)cc1.C=CCCCCCC[Si](C)(C)c1ccc([Si](C)(C)CCCOC=O)cc1. The third-order valence-electron chi connectivity index (χ3n) is 12.5. The smallest absolute Gasteiger partial charge is 0.338 e. The van der Waals surface area contributed by atoms with Crippen LogP contribution in [0, 0.1) is 6.92 Å². The molecule has 0 aliphatic carbocycles. The Morgan fingerprint density at radius 3 is 1.24 bits per heavy atom. The summed E-state index contributed by atoms with van der Waals surface area (Å²) in [6.07, 6.45) is 18.9. The van der Waals surface area contributed by atoms with Crippen LogP contribution in [0.2, 0.25) is 76.6 Å². The molecule has 8 heteroatoms. The van der Waals surface area contributed by atoms with Crippen molar-refractivity contribution in [2.45, 2.75) is 161 Å². The van der Waals surface area contributed by atoms with E-state index in [4.69, 9.17) is 9.47 Å². The molecule has 4 nitrogen and oxygen atoms in total. The Morgan fingerprint density at radius 1 is 0.508 bits per heavy atom. The summed E-state index contributed by atoms with van der Waals surface area (Å²) in [5, 5.41) is 6.18. The van der Waals surface area contributed by atoms with Gasteiger partial charge in [-0.3, -0.25) is 4.79 Å². The largest absolute Gasteiger partial charge is 0.468 e. The molecule has 0 aliphatic heterocycles. The van der Waals surface area contributed by atoms with E-state index in [0.717, 1.165) is 43.3 Å². The number of carbonyl (C=O) groups is 2. The monoisotopic (exact) mass is 871 g/mol. The summed E-state index contributed by atoms with van der Waals surface area (Å²) in [4.78, 5) is 22.6. The van der Waals surface area contributed by atoms with E-state index in [1.807, 2.05) is 43.3 Å². The van der Waals surface area contributed by atoms with Gasteiger partial charge in [-0.25, -0.2) is 4.79 Å². The van der Waals surface area contributed by atoms with E-state index in [1.165, 1.54) is 73.8 Å². The number of ether oxygens (including phenoxy) is 2. The summed E-state index contributed by atoms with van der Waals surface area (Å²) in [6, 6.07) is 31.8. The molecular weight excluding hydrogens is 789 g/mol. The van der Waals surface area contributed by atoms with Gasteiger partial charge in [0.25, 0.3) is 6.47 Å². The van der Waals surface area contributed by atoms with Gasteiger partial charge in [0.1, 0.15) is 0 Å². The Hall–Kier alpha value is -3.05. The fraction of sp³-hybridized carbons (Fsp3) is 0.529. The lowest BCUT2D eigenvalue weighted by atomic mass is 10.1. The van der Waals surface area contributed by atoms with Crippen molar-refractivity contribution in [3.8, 4) is 0 Å². The number of carbonyl (C=O) groups excluding carboxylic acids is 2. The lowest BCUT2D eigenvalue weighted by Gasteiger charge is -2.26. The maximum Gasteiger partial charge on any atom is 0.338 e. The second-order valence-corrected chi connectivity index (χ2v) is 38.7. The van der Waals surface area contributed by atoms with E-state index >= 15 is 0 Å². The van der Waals surface area contributed by atoms with E-state index in [1.54, 1.807) is 10.4 Å². The Balaban J connectivity index is 0.000000419. The molecule has 3 rings (SSSR count). The van der Waals surface area contributed by atoms with Crippen molar-refractivity contribution >= 4 is 65.5 Å². The third kappa shape index (κ3) is 19.5. The van der Waals surface area contributed by atoms with Crippen molar-refractivity contribution in [1.82, 2.24) is 0 Å². The molecule has 0 heterocycles. The molecule has 0 fully saturated rings. The fourth-order valence-corrected chi connectivity index (χ4v) is 17.7. The summed E-state index contributed by atoms with van der Waals surface area (Å²) in [5.74, 6) is -0.204. The standard InChI is InChI=1S/C29H44O2Si2.C22H38O2Si2/c1-7-8-9-10-11-14-23-32(3,4)26-18-20-27(21-19-26)33(5,6)24-15-22-31-29(30)28-17-13-12-16-25(28)2;1-6-7-8-9-10-11-18-25(2,3)21-13-15-22(16-14-21)26(4,5)19-12-17-24-20-23/h7,12-13,16-21H,1,8-11,14-15,22-24H2,2-6H3;6,13-16,20H,1,7-12,17-19H2,2-5H3. The Kier molecular flexibility index (Phi) is 23.8. The molecule has 59 heavy (non-hydrogen) atoms. The molecule has 0 aromatic heterocycles. The van der Waals surface area contributed by atoms with E-state index in [0.29, 0.717) is 25.2 Å². The molecule has 3 aromatic rings. The van der Waals surface area contributed by atoms with Crippen LogP contribution in [0.4, 0.5) is 0 Å². The molecule has 326 valence electrons. The van der Waals surface area contributed by atoms with Crippen LogP contribution in [0.15, 0.2) is 98.1 Å². The molecular formula is C51H82O4Si4. The van der Waals surface area contributed by atoms with Crippen molar-refractivity contribution in [2.24, 2.45) is 0 Å². The van der Waals surface area contributed by atoms with Gasteiger partial charge in [0.05, 0.1) is 51.1 Å². The van der Waals surface area contributed by atoms with Crippen LogP contribution in [0.1, 0.15) is 93.0 Å². The average Bonchev–Trinajstić information content (AvgIpc) is 3.21. The maximum atomic E-state index is 12.3. The van der Waals surface area contributed by atoms with E-state index in [2.05, 4.69) is 114 Å². The summed E-state index contributed by atoms with van der Waals surface area (Å²) >= 11 is 0. The predicted octanol–water partition coefficient (Wildman–Crippen LogP) is 12.4. The highest BCUT2D eigenvalue weighted by molar-refractivity contribution is 6.92. The van der Waals surface area contributed by atoms with Crippen LogP contribution in [0.3, 0.4) is 0 Å². The summed E-state index contributed by atoms with van der Waals surface area (Å²) in [7, 11) is -5.70. The highest BCUT2D eigenvalue weighted by atomic mass is 28.3. The highest BCUT2D eigenvalue weighted by Crippen LogP contribution is 2.20. The van der Waals surface area contributed by atoms with Gasteiger partial charge in [-0.15, -0.1) is 13.2 Å². The van der Waals surface area contributed by atoms with Gasteiger partial charge in [0.15, 0.2) is 0 Å². The number of benzene rings is 3. The first kappa shape index (κ1) is 52.1.